The zero-order valence-electron chi connectivity index (χ0n) is 13.1. The van der Waals surface area contributed by atoms with Crippen molar-refractivity contribution in [1.82, 2.24) is 5.32 Å². The molecule has 0 radical (unpaired) electrons. The van der Waals surface area contributed by atoms with Gasteiger partial charge >= 0.3 is 0 Å². The van der Waals surface area contributed by atoms with Gasteiger partial charge < -0.3 is 15.0 Å². The number of hydrogen-bond acceptors (Lipinski definition) is 3. The highest BCUT2D eigenvalue weighted by Gasteiger charge is 2.41. The Morgan fingerprint density at radius 3 is 2.73 bits per heavy atom. The highest BCUT2D eigenvalue weighted by Crippen LogP contribution is 2.27. The van der Waals surface area contributed by atoms with Gasteiger partial charge in [-0.15, -0.1) is 0 Å². The molecule has 1 N–H and O–H groups in total. The first kappa shape index (κ1) is 15.0. The number of amides is 2. The molecule has 0 aromatic heterocycles. The van der Waals surface area contributed by atoms with Gasteiger partial charge in [-0.3, -0.25) is 9.59 Å². The van der Waals surface area contributed by atoms with Crippen molar-refractivity contribution >= 4 is 17.5 Å². The lowest BCUT2D eigenvalue weighted by molar-refractivity contribution is -0.133. The summed E-state index contributed by atoms with van der Waals surface area (Å²) < 4.78 is 5.34. The van der Waals surface area contributed by atoms with Crippen molar-refractivity contribution in [2.75, 3.05) is 24.7 Å². The summed E-state index contributed by atoms with van der Waals surface area (Å²) in [7, 11) is 0. The monoisotopic (exact) mass is 302 g/mol. The Kier molecular flexibility index (Phi) is 3.91. The summed E-state index contributed by atoms with van der Waals surface area (Å²) in [4.78, 5) is 26.7. The van der Waals surface area contributed by atoms with E-state index >= 15 is 0 Å². The normalized spacial score (nSPS) is 28.2. The van der Waals surface area contributed by atoms with Gasteiger partial charge in [-0.1, -0.05) is 17.7 Å². The molecule has 2 saturated heterocycles. The minimum atomic E-state index is -0.585. The van der Waals surface area contributed by atoms with Gasteiger partial charge in [0.05, 0.1) is 12.1 Å². The fourth-order valence-corrected chi connectivity index (χ4v) is 3.05. The predicted molar refractivity (Wildman–Crippen MR) is 83.6 cm³/mol. The average molecular weight is 302 g/mol. The van der Waals surface area contributed by atoms with Crippen LogP contribution in [0.5, 0.6) is 0 Å². The standard InChI is InChI=1S/C17H22N2O3/c1-12-3-5-13(6-4-12)19-9-7-14(16(19)21)15(20)18-17(2)8-10-22-11-17/h3-6,14H,7-11H2,1-2H3,(H,18,20)/t14-,17+/m0/s1. The molecular weight excluding hydrogens is 280 g/mol. The number of nitrogens with one attached hydrogen (secondary N) is 1. The molecule has 1 aromatic carbocycles. The van der Waals surface area contributed by atoms with Crippen LogP contribution in [0, 0.1) is 12.8 Å². The maximum Gasteiger partial charge on any atom is 0.239 e. The summed E-state index contributed by atoms with van der Waals surface area (Å²) in [6.07, 6.45) is 1.36. The maximum atomic E-state index is 12.5. The van der Waals surface area contributed by atoms with Crippen molar-refractivity contribution in [1.29, 1.82) is 0 Å². The van der Waals surface area contributed by atoms with Crippen LogP contribution >= 0.6 is 0 Å². The van der Waals surface area contributed by atoms with Crippen LogP contribution in [0.3, 0.4) is 0 Å². The van der Waals surface area contributed by atoms with Crippen molar-refractivity contribution in [3.63, 3.8) is 0 Å². The average Bonchev–Trinajstić information content (AvgIpc) is 3.06. The molecule has 5 heteroatoms. The number of aryl methyl sites for hydroxylation is 1. The summed E-state index contributed by atoms with van der Waals surface area (Å²) in [5.74, 6) is -0.866. The lowest BCUT2D eigenvalue weighted by Gasteiger charge is -2.25. The van der Waals surface area contributed by atoms with E-state index in [2.05, 4.69) is 5.32 Å². The Labute approximate surface area is 130 Å². The second-order valence-corrected chi connectivity index (χ2v) is 6.52. The molecule has 0 spiro atoms. The van der Waals surface area contributed by atoms with E-state index in [9.17, 15) is 9.59 Å². The van der Waals surface area contributed by atoms with Crippen LogP contribution in [-0.4, -0.2) is 37.1 Å². The predicted octanol–water partition coefficient (Wildman–Crippen LogP) is 1.64. The largest absolute Gasteiger partial charge is 0.379 e. The number of carbonyl (C=O) groups excluding carboxylic acids is 2. The lowest BCUT2D eigenvalue weighted by atomic mass is 9.99. The summed E-state index contributed by atoms with van der Waals surface area (Å²) in [5.41, 5.74) is 1.68. The molecule has 2 aliphatic heterocycles. The van der Waals surface area contributed by atoms with Gasteiger partial charge in [0.1, 0.15) is 5.92 Å². The highest BCUT2D eigenvalue weighted by atomic mass is 16.5. The highest BCUT2D eigenvalue weighted by molar-refractivity contribution is 6.09. The number of hydrogen-bond donors (Lipinski definition) is 1. The minimum Gasteiger partial charge on any atom is -0.379 e. The topological polar surface area (TPSA) is 58.6 Å². The van der Waals surface area contributed by atoms with Gasteiger partial charge in [-0.05, 0) is 38.8 Å². The van der Waals surface area contributed by atoms with Crippen molar-refractivity contribution in [3.05, 3.63) is 29.8 Å². The van der Waals surface area contributed by atoms with E-state index in [4.69, 9.17) is 4.74 Å². The zero-order valence-corrected chi connectivity index (χ0v) is 13.1. The van der Waals surface area contributed by atoms with Gasteiger partial charge in [0.2, 0.25) is 11.8 Å². The van der Waals surface area contributed by atoms with Gasteiger partial charge in [0, 0.05) is 18.8 Å². The van der Waals surface area contributed by atoms with Crippen molar-refractivity contribution in [2.24, 2.45) is 5.92 Å². The van der Waals surface area contributed by atoms with Crippen molar-refractivity contribution in [3.8, 4) is 0 Å². The molecule has 2 aliphatic rings. The number of rotatable bonds is 3. The third-order valence-electron chi connectivity index (χ3n) is 4.51. The SMILES string of the molecule is Cc1ccc(N2CC[C@@H](C(=O)N[C@]3(C)CCOC3)C2=O)cc1. The number of benzene rings is 1. The second-order valence-electron chi connectivity index (χ2n) is 6.52. The van der Waals surface area contributed by atoms with E-state index in [-0.39, 0.29) is 17.4 Å². The molecule has 2 heterocycles. The molecule has 3 rings (SSSR count). The third kappa shape index (κ3) is 2.86. The number of carbonyl (C=O) groups is 2. The Morgan fingerprint density at radius 1 is 1.36 bits per heavy atom. The van der Waals surface area contributed by atoms with Crippen LogP contribution in [0.4, 0.5) is 5.69 Å². The molecule has 2 fully saturated rings. The minimum absolute atomic E-state index is 0.108. The number of anilines is 1. The lowest BCUT2D eigenvalue weighted by Crippen LogP contribution is -2.50. The van der Waals surface area contributed by atoms with E-state index in [1.165, 1.54) is 0 Å². The quantitative estimate of drug-likeness (QED) is 0.864. The summed E-state index contributed by atoms with van der Waals surface area (Å²) in [5, 5.41) is 3.00. The van der Waals surface area contributed by atoms with Crippen LogP contribution in [0.1, 0.15) is 25.3 Å². The van der Waals surface area contributed by atoms with Gasteiger partial charge in [-0.2, -0.15) is 0 Å². The van der Waals surface area contributed by atoms with E-state index < -0.39 is 5.92 Å². The Bertz CT molecular complexity index is 576. The van der Waals surface area contributed by atoms with Crippen LogP contribution in [0.25, 0.3) is 0 Å². The molecule has 0 bridgehead atoms. The van der Waals surface area contributed by atoms with Gasteiger partial charge in [0.15, 0.2) is 0 Å². The maximum absolute atomic E-state index is 12.5. The van der Waals surface area contributed by atoms with Crippen LogP contribution in [-0.2, 0) is 14.3 Å². The molecule has 22 heavy (non-hydrogen) atoms. The second kappa shape index (κ2) is 5.72. The smallest absolute Gasteiger partial charge is 0.239 e. The van der Waals surface area contributed by atoms with E-state index in [0.29, 0.717) is 26.2 Å². The number of nitrogens with zero attached hydrogens (tertiary/aromatic N) is 1. The van der Waals surface area contributed by atoms with Crippen LogP contribution < -0.4 is 10.2 Å². The van der Waals surface area contributed by atoms with Crippen LogP contribution in [0.2, 0.25) is 0 Å². The zero-order chi connectivity index (χ0) is 15.7. The summed E-state index contributed by atoms with van der Waals surface area (Å²) in [6, 6.07) is 7.82. The molecule has 1 aromatic rings. The Balaban J connectivity index is 1.68. The summed E-state index contributed by atoms with van der Waals surface area (Å²) in [6.45, 7) is 5.74. The molecule has 2 atom stereocenters. The van der Waals surface area contributed by atoms with Crippen molar-refractivity contribution < 1.29 is 14.3 Å². The fourth-order valence-electron chi connectivity index (χ4n) is 3.05. The Morgan fingerprint density at radius 2 is 2.09 bits per heavy atom. The number of ether oxygens (including phenoxy) is 1. The first-order valence-corrected chi connectivity index (χ1v) is 7.76. The van der Waals surface area contributed by atoms with E-state index in [1.54, 1.807) is 4.90 Å². The third-order valence-corrected chi connectivity index (χ3v) is 4.51. The van der Waals surface area contributed by atoms with E-state index in [1.807, 2.05) is 38.1 Å². The molecule has 0 unspecified atom stereocenters. The van der Waals surface area contributed by atoms with Gasteiger partial charge in [-0.25, -0.2) is 0 Å². The first-order valence-electron chi connectivity index (χ1n) is 7.76. The van der Waals surface area contributed by atoms with E-state index in [0.717, 1.165) is 17.7 Å². The molecule has 118 valence electrons. The van der Waals surface area contributed by atoms with Crippen LogP contribution in [0.15, 0.2) is 24.3 Å². The molecular formula is C17H22N2O3. The summed E-state index contributed by atoms with van der Waals surface area (Å²) >= 11 is 0. The van der Waals surface area contributed by atoms with Gasteiger partial charge in [0.25, 0.3) is 0 Å². The molecule has 0 aliphatic carbocycles. The fraction of sp³-hybridized carbons (Fsp3) is 0.529. The molecule has 0 saturated carbocycles. The van der Waals surface area contributed by atoms with Crippen molar-refractivity contribution in [2.45, 2.75) is 32.2 Å². The Hall–Kier alpha value is -1.88. The first-order chi connectivity index (χ1) is 10.5. The molecule has 5 nitrogen and oxygen atoms in total. The molecule has 2 amide bonds.